The molecule has 0 fully saturated rings. The third-order valence-corrected chi connectivity index (χ3v) is 0. The molecule has 0 aliphatic heterocycles. The van der Waals surface area contributed by atoms with Crippen molar-refractivity contribution >= 4 is 35.4 Å². The standard InChI is InChI=1S/Ca.2FH.La/h;2*1H;/q+2;;;/p-2. The molecule has 0 saturated carbocycles. The van der Waals surface area contributed by atoms with E-state index < -0.39 is 35.4 Å². The van der Waals surface area contributed by atoms with Crippen LogP contribution in [0.4, 0.5) is 2.73 Å². The molecule has 0 aliphatic carbocycles. The predicted octanol–water partition coefficient (Wildman–Crippen LogP) is 0.460. The fourth-order valence-corrected chi connectivity index (χ4v) is 0. The zero-order valence-electron chi connectivity index (χ0n) is 2.04. The Morgan fingerprint density at radius 2 is 1.25 bits per heavy atom. The summed E-state index contributed by atoms with van der Waals surface area (Å²) in [6.07, 6.45) is 0. The Hall–Kier alpha value is 2.31. The van der Waals surface area contributed by atoms with E-state index in [0.717, 1.165) is 0 Å². The largest absolute Gasteiger partial charge is 0 e. The first-order chi connectivity index (χ1) is 1.41. The van der Waals surface area contributed by atoms with E-state index in [9.17, 15) is 2.73 Å². The van der Waals surface area contributed by atoms with Crippen LogP contribution in [0.2, 0.25) is 0 Å². The number of rotatable bonds is 0. The van der Waals surface area contributed by atoms with Crippen molar-refractivity contribution in [1.29, 1.82) is 0 Å². The van der Waals surface area contributed by atoms with Gasteiger partial charge in [-0.15, -0.1) is 0 Å². The Balaban J connectivity index is 0. The van der Waals surface area contributed by atoms with Gasteiger partial charge in [-0.1, -0.05) is 0 Å². The summed E-state index contributed by atoms with van der Waals surface area (Å²) in [4.78, 5) is 0. The molecule has 0 bridgehead atoms. The second-order valence-electron chi connectivity index (χ2n) is 0.101. The summed E-state index contributed by atoms with van der Waals surface area (Å²) in [5.74, 6) is 0. The van der Waals surface area contributed by atoms with Crippen LogP contribution in [0, 0.1) is 35.6 Å². The molecular weight excluding hydrogens is 217 g/mol. The van der Waals surface area contributed by atoms with Crippen molar-refractivity contribution < 1.29 is 38.3 Å². The van der Waals surface area contributed by atoms with E-state index in [1.807, 2.05) is 0 Å². The Labute approximate surface area is 72.0 Å². The van der Waals surface area contributed by atoms with Crippen molar-refractivity contribution in [3.8, 4) is 0 Å². The summed E-state index contributed by atoms with van der Waals surface area (Å²) in [6, 6.07) is 0. The number of hydrogen-bond acceptors (Lipinski definition) is 0. The predicted molar refractivity (Wildman–Crippen MR) is 7.97 cm³/mol. The third kappa shape index (κ3) is 8.85. The number of halogens is 2. The van der Waals surface area contributed by atoms with Crippen molar-refractivity contribution in [3.05, 3.63) is 0 Å². The van der Waals surface area contributed by atoms with E-state index in [1.165, 1.54) is 0 Å². The zero-order valence-corrected chi connectivity index (χ0v) is 7.87. The molecule has 0 N–H and O–H groups in total. The number of hydrogen-bond donors (Lipinski definition) is 0. The normalized spacial score (nSPS) is 2.50. The van der Waals surface area contributed by atoms with Crippen LogP contribution >= 0.6 is 0 Å². The molecule has 0 amide bonds. The van der Waals surface area contributed by atoms with Gasteiger partial charge in [0.25, 0.3) is 0 Å². The first kappa shape index (κ1) is 9.58. The van der Waals surface area contributed by atoms with Gasteiger partial charge in [-0.25, -0.2) is 0 Å². The van der Waals surface area contributed by atoms with Crippen LogP contribution in [0.15, 0.2) is 0 Å². The Morgan fingerprint density at radius 1 is 1.25 bits per heavy atom. The second kappa shape index (κ2) is 9.01. The van der Waals surface area contributed by atoms with Crippen LogP contribution < -0.4 is 0 Å². The van der Waals surface area contributed by atoms with Crippen molar-refractivity contribution in [2.45, 2.75) is 0 Å². The topological polar surface area (TPSA) is 0 Å². The maximum Gasteiger partial charge on any atom is 0 e. The van der Waals surface area contributed by atoms with E-state index in [1.54, 1.807) is 0 Å². The zero-order chi connectivity index (χ0) is 2.71. The monoisotopic (exact) mass is 217 g/mol. The van der Waals surface area contributed by atoms with Crippen LogP contribution in [0.3, 0.4) is 0 Å². The Morgan fingerprint density at radius 3 is 1.25 bits per heavy atom. The third-order valence-electron chi connectivity index (χ3n) is 0. The Kier molecular flexibility index (Phi) is 21.6. The van der Waals surface area contributed by atoms with Gasteiger partial charge in [0.1, 0.15) is 0 Å². The van der Waals surface area contributed by atoms with Gasteiger partial charge in [-0.3, -0.25) is 0 Å². The van der Waals surface area contributed by atoms with Crippen LogP contribution in [0.5, 0.6) is 0 Å². The van der Waals surface area contributed by atoms with E-state index in [-0.39, 0.29) is 35.6 Å². The molecule has 0 spiro atoms. The quantitative estimate of drug-likeness (QED) is 0.517. The fraction of sp³-hybridized carbons (Fsp3) is 0. The molecule has 0 unspecified atom stereocenters. The molecule has 0 nitrogen and oxygen atoms in total. The summed E-state index contributed by atoms with van der Waals surface area (Å²) in [5.41, 5.74) is 0. The minimum atomic E-state index is -2.88. The minimum absolute atomic E-state index is 0. The maximum absolute atomic E-state index is 9.81. The average molecular weight is 217 g/mol. The van der Waals surface area contributed by atoms with Gasteiger partial charge < -0.3 is 0 Å². The second-order valence-corrected chi connectivity index (χ2v) is 0.416. The molecular formula is CaF2La. The molecule has 0 saturated heterocycles. The molecule has 0 atom stereocenters. The van der Waals surface area contributed by atoms with Gasteiger partial charge in [-0.2, -0.15) is 0 Å². The van der Waals surface area contributed by atoms with Gasteiger partial charge in [0.2, 0.25) is 0 Å². The molecule has 4 heavy (non-hydrogen) atoms. The van der Waals surface area contributed by atoms with Crippen LogP contribution in [-0.2, 0) is 0 Å². The molecule has 0 aromatic heterocycles. The molecule has 0 heterocycles. The molecule has 0 rings (SSSR count). The molecule has 0 aromatic rings. The maximum atomic E-state index is 9.81. The molecule has 4 heteroatoms. The molecule has 1 radical (unpaired) electrons. The van der Waals surface area contributed by atoms with Crippen molar-refractivity contribution in [3.63, 3.8) is 0 Å². The Bertz CT molecular complexity index is 6.00. The van der Waals surface area contributed by atoms with Gasteiger partial charge in [0.05, 0.1) is 0 Å². The smallest absolute Gasteiger partial charge is 0 e. The van der Waals surface area contributed by atoms with E-state index in [2.05, 4.69) is 0 Å². The average Bonchev–Trinajstić information content (AvgIpc) is 0.918. The van der Waals surface area contributed by atoms with Gasteiger partial charge in [-0.05, 0) is 0 Å². The summed E-state index contributed by atoms with van der Waals surface area (Å²) in [6.45, 7) is 0. The van der Waals surface area contributed by atoms with Crippen LogP contribution in [-0.4, -0.2) is 35.4 Å². The summed E-state index contributed by atoms with van der Waals surface area (Å²) < 4.78 is 19.6. The van der Waals surface area contributed by atoms with Gasteiger partial charge >= 0.3 is 38.1 Å². The van der Waals surface area contributed by atoms with E-state index in [4.69, 9.17) is 0 Å². The fourth-order valence-electron chi connectivity index (χ4n) is 0. The first-order valence-electron chi connectivity index (χ1n) is 0.535. The minimum Gasteiger partial charge on any atom is 0 e. The molecule has 19 valence electrons. The van der Waals surface area contributed by atoms with E-state index >= 15 is 0 Å². The van der Waals surface area contributed by atoms with Crippen molar-refractivity contribution in [1.82, 2.24) is 0 Å². The van der Waals surface area contributed by atoms with E-state index in [0.29, 0.717) is 0 Å². The van der Waals surface area contributed by atoms with Crippen molar-refractivity contribution in [2.24, 2.45) is 0 Å². The van der Waals surface area contributed by atoms with Gasteiger partial charge in [0.15, 0.2) is 0 Å². The van der Waals surface area contributed by atoms with Gasteiger partial charge in [0, 0.05) is 35.6 Å². The van der Waals surface area contributed by atoms with Crippen LogP contribution in [0.25, 0.3) is 0 Å². The van der Waals surface area contributed by atoms with Crippen molar-refractivity contribution in [2.75, 3.05) is 0 Å². The molecule has 0 aromatic carbocycles. The summed E-state index contributed by atoms with van der Waals surface area (Å²) in [5, 5.41) is 0. The first-order valence-corrected chi connectivity index (χ1v) is 2.20. The molecule has 0 aliphatic rings. The summed E-state index contributed by atoms with van der Waals surface area (Å²) >= 11 is -2.88. The SMILES string of the molecule is [F][Ca][F].[La]. The summed E-state index contributed by atoms with van der Waals surface area (Å²) in [7, 11) is 0. The van der Waals surface area contributed by atoms with Crippen LogP contribution in [0.1, 0.15) is 0 Å².